The summed E-state index contributed by atoms with van der Waals surface area (Å²) in [6.07, 6.45) is 5.94. The van der Waals surface area contributed by atoms with Crippen molar-refractivity contribution in [2.24, 2.45) is 5.84 Å². The number of carbonyl (C=O) groups excluding carboxylic acids is 1. The van der Waals surface area contributed by atoms with Gasteiger partial charge in [0.15, 0.2) is 0 Å². The second-order valence-corrected chi connectivity index (χ2v) is 6.10. The Kier molecular flexibility index (Phi) is 4.69. The van der Waals surface area contributed by atoms with Crippen LogP contribution in [0.4, 0.5) is 0 Å². The van der Waals surface area contributed by atoms with Gasteiger partial charge >= 0.3 is 0 Å². The zero-order chi connectivity index (χ0) is 12.2. The number of amides is 1. The molecule has 0 unspecified atom stereocenters. The monoisotopic (exact) mass is 249 g/mol. The molecule has 0 aromatic carbocycles. The minimum absolute atomic E-state index is 0.0546. The SMILES string of the molecule is CS(=O)(=O)N(CC(=O)NN)C1CCCCC1. The summed E-state index contributed by atoms with van der Waals surface area (Å²) in [5, 5.41) is 0. The van der Waals surface area contributed by atoms with Crippen LogP contribution in [0.1, 0.15) is 32.1 Å². The Labute approximate surface area is 96.2 Å². The number of nitrogens with one attached hydrogen (secondary N) is 1. The molecular formula is C9H19N3O3S. The van der Waals surface area contributed by atoms with Crippen LogP contribution < -0.4 is 11.3 Å². The lowest BCUT2D eigenvalue weighted by molar-refractivity contribution is -0.121. The smallest absolute Gasteiger partial charge is 0.249 e. The number of hydrazine groups is 1. The summed E-state index contributed by atoms with van der Waals surface area (Å²) in [6.45, 7) is -0.181. The van der Waals surface area contributed by atoms with Crippen molar-refractivity contribution in [3.63, 3.8) is 0 Å². The number of rotatable bonds is 4. The van der Waals surface area contributed by atoms with Gasteiger partial charge in [-0.1, -0.05) is 19.3 Å². The van der Waals surface area contributed by atoms with Crippen LogP contribution in [0.3, 0.4) is 0 Å². The third kappa shape index (κ3) is 3.73. The Morgan fingerprint density at radius 3 is 2.38 bits per heavy atom. The van der Waals surface area contributed by atoms with E-state index in [9.17, 15) is 13.2 Å². The molecule has 1 aliphatic carbocycles. The van der Waals surface area contributed by atoms with Crippen molar-refractivity contribution in [2.45, 2.75) is 38.1 Å². The highest BCUT2D eigenvalue weighted by atomic mass is 32.2. The number of nitrogens with zero attached hydrogens (tertiary/aromatic N) is 1. The average molecular weight is 249 g/mol. The maximum Gasteiger partial charge on any atom is 0.249 e. The van der Waals surface area contributed by atoms with Crippen LogP contribution >= 0.6 is 0 Å². The Bertz CT molecular complexity index is 336. The molecule has 0 heterocycles. The lowest BCUT2D eigenvalue weighted by Gasteiger charge is -2.31. The largest absolute Gasteiger partial charge is 0.293 e. The van der Waals surface area contributed by atoms with E-state index in [-0.39, 0.29) is 12.6 Å². The zero-order valence-electron chi connectivity index (χ0n) is 9.48. The fourth-order valence-electron chi connectivity index (χ4n) is 2.07. The van der Waals surface area contributed by atoms with Gasteiger partial charge in [0.25, 0.3) is 0 Å². The van der Waals surface area contributed by atoms with Crippen molar-refractivity contribution in [1.82, 2.24) is 9.73 Å². The van der Waals surface area contributed by atoms with Crippen molar-refractivity contribution in [3.8, 4) is 0 Å². The molecule has 0 spiro atoms. The number of hydrogen-bond donors (Lipinski definition) is 2. The van der Waals surface area contributed by atoms with Crippen LogP contribution in [0.2, 0.25) is 0 Å². The van der Waals surface area contributed by atoms with Crippen molar-refractivity contribution in [1.29, 1.82) is 0 Å². The van der Waals surface area contributed by atoms with Gasteiger partial charge in [-0.05, 0) is 12.8 Å². The lowest BCUT2D eigenvalue weighted by atomic mass is 9.95. The summed E-state index contributed by atoms with van der Waals surface area (Å²) >= 11 is 0. The third-order valence-electron chi connectivity index (χ3n) is 2.87. The first-order valence-electron chi connectivity index (χ1n) is 5.41. The van der Waals surface area contributed by atoms with Gasteiger partial charge in [0.2, 0.25) is 15.9 Å². The van der Waals surface area contributed by atoms with Gasteiger partial charge in [0.05, 0.1) is 12.8 Å². The molecule has 1 fully saturated rings. The highest BCUT2D eigenvalue weighted by Crippen LogP contribution is 2.23. The fraction of sp³-hybridized carbons (Fsp3) is 0.889. The molecule has 0 atom stereocenters. The predicted molar refractivity (Wildman–Crippen MR) is 60.8 cm³/mol. The topological polar surface area (TPSA) is 92.5 Å². The van der Waals surface area contributed by atoms with E-state index in [1.54, 1.807) is 0 Å². The van der Waals surface area contributed by atoms with Crippen molar-refractivity contribution >= 4 is 15.9 Å². The molecule has 1 saturated carbocycles. The van der Waals surface area contributed by atoms with E-state index in [0.29, 0.717) is 0 Å². The number of hydrogen-bond acceptors (Lipinski definition) is 4. The first-order chi connectivity index (χ1) is 7.45. The van der Waals surface area contributed by atoms with Crippen molar-refractivity contribution in [2.75, 3.05) is 12.8 Å². The summed E-state index contributed by atoms with van der Waals surface area (Å²) < 4.78 is 24.4. The second kappa shape index (κ2) is 5.60. The molecule has 94 valence electrons. The number of carbonyl (C=O) groups is 1. The molecule has 16 heavy (non-hydrogen) atoms. The molecule has 0 aromatic rings. The summed E-state index contributed by atoms with van der Waals surface area (Å²) in [6, 6.07) is -0.0546. The number of sulfonamides is 1. The predicted octanol–water partition coefficient (Wildman–Crippen LogP) is -0.429. The van der Waals surface area contributed by atoms with Crippen LogP contribution in [0.5, 0.6) is 0 Å². The average Bonchev–Trinajstić information content (AvgIpc) is 2.25. The first kappa shape index (κ1) is 13.4. The van der Waals surface area contributed by atoms with E-state index in [1.807, 2.05) is 5.43 Å². The summed E-state index contributed by atoms with van der Waals surface area (Å²) in [4.78, 5) is 11.2. The molecule has 0 aromatic heterocycles. The van der Waals surface area contributed by atoms with Crippen molar-refractivity contribution < 1.29 is 13.2 Å². The molecule has 0 aliphatic heterocycles. The second-order valence-electron chi connectivity index (χ2n) is 4.17. The van der Waals surface area contributed by atoms with E-state index in [0.717, 1.165) is 38.4 Å². The highest BCUT2D eigenvalue weighted by molar-refractivity contribution is 7.88. The van der Waals surface area contributed by atoms with Crippen molar-refractivity contribution in [3.05, 3.63) is 0 Å². The standard InChI is InChI=1S/C9H19N3O3S/c1-16(14,15)12(7-9(13)11-10)8-5-3-2-4-6-8/h8H,2-7,10H2,1H3,(H,11,13). The van der Waals surface area contributed by atoms with Crippen LogP contribution in [0, 0.1) is 0 Å². The minimum atomic E-state index is -3.35. The van der Waals surface area contributed by atoms with Gasteiger partial charge in [-0.2, -0.15) is 4.31 Å². The van der Waals surface area contributed by atoms with Gasteiger partial charge in [-0.25, -0.2) is 14.3 Å². The van der Waals surface area contributed by atoms with E-state index in [2.05, 4.69) is 0 Å². The molecule has 0 saturated heterocycles. The number of nitrogens with two attached hydrogens (primary N) is 1. The molecular weight excluding hydrogens is 230 g/mol. The third-order valence-corrected chi connectivity index (χ3v) is 4.15. The molecule has 0 bridgehead atoms. The van der Waals surface area contributed by atoms with E-state index >= 15 is 0 Å². The molecule has 1 rings (SSSR count). The summed E-state index contributed by atoms with van der Waals surface area (Å²) in [7, 11) is -3.35. The Hall–Kier alpha value is -0.660. The van der Waals surface area contributed by atoms with Crippen LogP contribution in [0.25, 0.3) is 0 Å². The van der Waals surface area contributed by atoms with Crippen LogP contribution in [0.15, 0.2) is 0 Å². The minimum Gasteiger partial charge on any atom is -0.293 e. The summed E-state index contributed by atoms with van der Waals surface area (Å²) in [5.41, 5.74) is 1.96. The molecule has 1 amide bonds. The van der Waals surface area contributed by atoms with Crippen LogP contribution in [-0.2, 0) is 14.8 Å². The molecule has 6 nitrogen and oxygen atoms in total. The zero-order valence-corrected chi connectivity index (χ0v) is 10.3. The first-order valence-corrected chi connectivity index (χ1v) is 7.26. The van der Waals surface area contributed by atoms with E-state index in [1.165, 1.54) is 4.31 Å². The highest BCUT2D eigenvalue weighted by Gasteiger charge is 2.29. The normalized spacial score (nSPS) is 18.7. The van der Waals surface area contributed by atoms with Gasteiger partial charge < -0.3 is 0 Å². The van der Waals surface area contributed by atoms with Gasteiger partial charge in [0, 0.05) is 6.04 Å². The fourth-order valence-corrected chi connectivity index (χ4v) is 3.18. The van der Waals surface area contributed by atoms with Gasteiger partial charge in [-0.15, -0.1) is 0 Å². The molecule has 0 radical (unpaired) electrons. The van der Waals surface area contributed by atoms with Gasteiger partial charge in [0.1, 0.15) is 0 Å². The van der Waals surface area contributed by atoms with Gasteiger partial charge in [-0.3, -0.25) is 10.2 Å². The Morgan fingerprint density at radius 2 is 1.94 bits per heavy atom. The Morgan fingerprint density at radius 1 is 1.38 bits per heavy atom. The molecule has 3 N–H and O–H groups in total. The Balaban J connectivity index is 2.74. The molecule has 1 aliphatic rings. The quantitative estimate of drug-likeness (QED) is 0.402. The van der Waals surface area contributed by atoms with E-state index in [4.69, 9.17) is 5.84 Å². The maximum atomic E-state index is 11.6. The van der Waals surface area contributed by atoms with Crippen LogP contribution in [-0.4, -0.2) is 37.5 Å². The van der Waals surface area contributed by atoms with E-state index < -0.39 is 15.9 Å². The lowest BCUT2D eigenvalue weighted by Crippen LogP contribution is -2.47. The summed E-state index contributed by atoms with van der Waals surface area (Å²) in [5.74, 6) is 4.50. The maximum absolute atomic E-state index is 11.6. The molecule has 7 heteroatoms.